The minimum Gasteiger partial charge on any atom is -0.472 e. The molecule has 0 unspecified atom stereocenters. The minimum atomic E-state index is 0.847. The Morgan fingerprint density at radius 3 is 3.14 bits per heavy atom. The van der Waals surface area contributed by atoms with Crippen LogP contribution in [0.1, 0.15) is 5.56 Å². The van der Waals surface area contributed by atoms with Crippen LogP contribution in [0.25, 0.3) is 0 Å². The van der Waals surface area contributed by atoms with Crippen LogP contribution < -0.4 is 5.32 Å². The molecule has 74 valence electrons. The van der Waals surface area contributed by atoms with Crippen molar-refractivity contribution in [1.29, 1.82) is 0 Å². The van der Waals surface area contributed by atoms with Crippen LogP contribution >= 0.6 is 23.1 Å². The number of hydrogen-bond donors (Lipinski definition) is 1. The Hall–Kier alpha value is -1.01. The number of furan rings is 1. The maximum absolute atomic E-state index is 4.97. The molecule has 0 bridgehead atoms. The topological polar surface area (TPSA) is 51.0 Å². The van der Waals surface area contributed by atoms with Crippen molar-refractivity contribution >= 4 is 28.2 Å². The van der Waals surface area contributed by atoms with E-state index < -0.39 is 0 Å². The molecule has 0 aliphatic carbocycles. The summed E-state index contributed by atoms with van der Waals surface area (Å²) in [5, 5.41) is 11.8. The Balaban J connectivity index is 1.92. The van der Waals surface area contributed by atoms with Gasteiger partial charge in [0.25, 0.3) is 0 Å². The molecule has 14 heavy (non-hydrogen) atoms. The summed E-state index contributed by atoms with van der Waals surface area (Å²) in [6.07, 6.45) is 3.42. The van der Waals surface area contributed by atoms with Crippen LogP contribution in [0.3, 0.4) is 0 Å². The molecule has 0 aliphatic rings. The lowest BCUT2D eigenvalue weighted by Gasteiger charge is -1.91. The lowest BCUT2D eigenvalue weighted by atomic mass is 10.4. The van der Waals surface area contributed by atoms with Crippen LogP contribution in [0.2, 0.25) is 0 Å². The van der Waals surface area contributed by atoms with Gasteiger partial charge in [-0.05, 0) is 6.07 Å². The second kappa shape index (κ2) is 4.47. The van der Waals surface area contributed by atoms with Gasteiger partial charge in [-0.2, -0.15) is 0 Å². The number of thioether (sulfide) groups is 1. The van der Waals surface area contributed by atoms with Gasteiger partial charge in [0, 0.05) is 18.4 Å². The summed E-state index contributed by atoms with van der Waals surface area (Å²) >= 11 is 3.21. The third-order valence-corrected chi connectivity index (χ3v) is 3.71. The fourth-order valence-corrected chi connectivity index (χ4v) is 2.52. The number of hydrogen-bond acceptors (Lipinski definition) is 6. The van der Waals surface area contributed by atoms with E-state index in [2.05, 4.69) is 15.5 Å². The fourth-order valence-electron chi connectivity index (χ4n) is 0.889. The molecule has 0 saturated carbocycles. The summed E-state index contributed by atoms with van der Waals surface area (Å²) in [7, 11) is 1.84. The van der Waals surface area contributed by atoms with Crippen LogP contribution in [0.15, 0.2) is 27.3 Å². The van der Waals surface area contributed by atoms with Crippen LogP contribution in [0.5, 0.6) is 0 Å². The maximum Gasteiger partial charge on any atom is 0.206 e. The summed E-state index contributed by atoms with van der Waals surface area (Å²) in [6.45, 7) is 0. The molecule has 0 atom stereocenters. The molecular formula is C8H9N3OS2. The molecule has 2 aromatic heterocycles. The van der Waals surface area contributed by atoms with Crippen LogP contribution in [-0.4, -0.2) is 17.2 Å². The number of rotatable bonds is 4. The van der Waals surface area contributed by atoms with E-state index in [0.29, 0.717) is 0 Å². The zero-order valence-electron chi connectivity index (χ0n) is 7.56. The zero-order valence-corrected chi connectivity index (χ0v) is 9.19. The van der Waals surface area contributed by atoms with E-state index in [9.17, 15) is 0 Å². The molecule has 0 aliphatic heterocycles. The predicted molar refractivity (Wildman–Crippen MR) is 57.7 cm³/mol. The van der Waals surface area contributed by atoms with Gasteiger partial charge in [0.1, 0.15) is 0 Å². The first-order chi connectivity index (χ1) is 6.88. The van der Waals surface area contributed by atoms with E-state index in [4.69, 9.17) is 4.42 Å². The molecule has 0 amide bonds. The summed E-state index contributed by atoms with van der Waals surface area (Å²) in [6, 6.07) is 1.95. The van der Waals surface area contributed by atoms with E-state index in [0.717, 1.165) is 20.8 Å². The van der Waals surface area contributed by atoms with E-state index in [-0.39, 0.29) is 0 Å². The highest BCUT2D eigenvalue weighted by atomic mass is 32.2. The molecule has 0 aromatic carbocycles. The van der Waals surface area contributed by atoms with Crippen molar-refractivity contribution < 1.29 is 4.42 Å². The summed E-state index contributed by atoms with van der Waals surface area (Å²) < 4.78 is 5.94. The number of aromatic nitrogens is 2. The number of nitrogens with zero attached hydrogens (tertiary/aromatic N) is 2. The van der Waals surface area contributed by atoms with Crippen molar-refractivity contribution in [2.75, 3.05) is 12.4 Å². The van der Waals surface area contributed by atoms with E-state index in [1.165, 1.54) is 0 Å². The molecule has 0 spiro atoms. The molecule has 0 radical (unpaired) electrons. The highest BCUT2D eigenvalue weighted by Crippen LogP contribution is 2.27. The molecular weight excluding hydrogens is 218 g/mol. The lowest BCUT2D eigenvalue weighted by molar-refractivity contribution is 0.565. The van der Waals surface area contributed by atoms with Gasteiger partial charge in [-0.3, -0.25) is 0 Å². The molecule has 6 heteroatoms. The van der Waals surface area contributed by atoms with Gasteiger partial charge in [0.05, 0.1) is 12.5 Å². The zero-order chi connectivity index (χ0) is 9.80. The molecule has 1 N–H and O–H groups in total. The van der Waals surface area contributed by atoms with Crippen molar-refractivity contribution in [3.63, 3.8) is 0 Å². The van der Waals surface area contributed by atoms with Gasteiger partial charge >= 0.3 is 0 Å². The largest absolute Gasteiger partial charge is 0.472 e. The Morgan fingerprint density at radius 2 is 2.50 bits per heavy atom. The average molecular weight is 227 g/mol. The van der Waals surface area contributed by atoms with Crippen LogP contribution in [0, 0.1) is 0 Å². The number of nitrogens with one attached hydrogen (secondary N) is 1. The molecule has 2 heterocycles. The van der Waals surface area contributed by atoms with Gasteiger partial charge in [-0.25, -0.2) is 0 Å². The van der Waals surface area contributed by atoms with E-state index >= 15 is 0 Å². The second-order valence-corrected chi connectivity index (χ2v) is 4.74. The Bertz CT molecular complexity index is 385. The van der Waals surface area contributed by atoms with Crippen molar-refractivity contribution in [2.24, 2.45) is 0 Å². The highest BCUT2D eigenvalue weighted by Gasteiger charge is 2.03. The molecule has 2 rings (SSSR count). The quantitative estimate of drug-likeness (QED) is 0.813. The van der Waals surface area contributed by atoms with E-state index in [1.807, 2.05) is 13.1 Å². The summed E-state index contributed by atoms with van der Waals surface area (Å²) in [5.41, 5.74) is 1.16. The van der Waals surface area contributed by atoms with Gasteiger partial charge in [-0.15, -0.1) is 10.2 Å². The summed E-state index contributed by atoms with van der Waals surface area (Å²) in [4.78, 5) is 0. The average Bonchev–Trinajstić information content (AvgIpc) is 2.86. The minimum absolute atomic E-state index is 0.847. The fraction of sp³-hybridized carbons (Fsp3) is 0.250. The first-order valence-corrected chi connectivity index (χ1v) is 5.84. The van der Waals surface area contributed by atoms with Crippen molar-refractivity contribution in [1.82, 2.24) is 10.2 Å². The maximum atomic E-state index is 4.97. The SMILES string of the molecule is CNc1nnc(SCc2ccoc2)s1. The molecule has 0 fully saturated rings. The van der Waals surface area contributed by atoms with Crippen LogP contribution in [0.4, 0.5) is 5.13 Å². The normalized spacial score (nSPS) is 10.4. The Labute approximate surface area is 89.7 Å². The third kappa shape index (κ3) is 2.27. The van der Waals surface area contributed by atoms with Gasteiger partial charge in [0.2, 0.25) is 5.13 Å². The first kappa shape index (κ1) is 9.54. The van der Waals surface area contributed by atoms with E-state index in [1.54, 1.807) is 35.6 Å². The van der Waals surface area contributed by atoms with Crippen molar-refractivity contribution in [3.05, 3.63) is 24.2 Å². The number of anilines is 1. The lowest BCUT2D eigenvalue weighted by Crippen LogP contribution is -1.84. The van der Waals surface area contributed by atoms with Crippen molar-refractivity contribution in [3.8, 4) is 0 Å². The predicted octanol–water partition coefficient (Wildman–Crippen LogP) is 2.47. The molecule has 2 aromatic rings. The third-order valence-electron chi connectivity index (χ3n) is 1.56. The van der Waals surface area contributed by atoms with Gasteiger partial charge < -0.3 is 9.73 Å². The first-order valence-electron chi connectivity index (χ1n) is 4.03. The summed E-state index contributed by atoms with van der Waals surface area (Å²) in [5.74, 6) is 0.870. The Kier molecular flexibility index (Phi) is 3.05. The van der Waals surface area contributed by atoms with Crippen molar-refractivity contribution in [2.45, 2.75) is 10.1 Å². The standard InChI is InChI=1S/C8H9N3OS2/c1-9-7-10-11-8(14-7)13-5-6-2-3-12-4-6/h2-4H,5H2,1H3,(H,9,10). The molecule has 4 nitrogen and oxygen atoms in total. The second-order valence-electron chi connectivity index (χ2n) is 2.54. The van der Waals surface area contributed by atoms with Gasteiger partial charge in [0.15, 0.2) is 4.34 Å². The monoisotopic (exact) mass is 227 g/mol. The Morgan fingerprint density at radius 1 is 1.57 bits per heavy atom. The smallest absolute Gasteiger partial charge is 0.206 e. The van der Waals surface area contributed by atoms with Crippen LogP contribution in [-0.2, 0) is 5.75 Å². The van der Waals surface area contributed by atoms with Gasteiger partial charge in [-0.1, -0.05) is 23.1 Å². The highest BCUT2D eigenvalue weighted by molar-refractivity contribution is 8.00. The molecule has 0 saturated heterocycles.